The van der Waals surface area contributed by atoms with Crippen LogP contribution >= 0.6 is 0 Å². The normalized spacial score (nSPS) is 43.1. The number of carbonyl (C=O) groups excluding carboxylic acids is 1. The molecule has 56 valence electrons. The molecule has 2 saturated heterocycles. The molecule has 3 nitrogen and oxygen atoms in total. The van der Waals surface area contributed by atoms with E-state index in [4.69, 9.17) is 4.74 Å². The van der Waals surface area contributed by atoms with E-state index in [1.807, 2.05) is 0 Å². The molecule has 2 fully saturated rings. The van der Waals surface area contributed by atoms with E-state index in [9.17, 15) is 4.79 Å². The summed E-state index contributed by atoms with van der Waals surface area (Å²) in [6, 6.07) is 0. The highest BCUT2D eigenvalue weighted by molar-refractivity contribution is 5.77. The number of ether oxygens (including phenoxy) is 1. The molecule has 2 aliphatic rings. The number of nitrogens with zero attached hydrogens (tertiary/aromatic N) is 1. The van der Waals surface area contributed by atoms with Crippen molar-refractivity contribution in [2.75, 3.05) is 19.7 Å². The molecule has 2 heterocycles. The molecule has 2 atom stereocenters. The molecule has 2 rings (SSSR count). The molecular formula is C7H11NO2. The van der Waals surface area contributed by atoms with Gasteiger partial charge in [0.2, 0.25) is 0 Å². The summed E-state index contributed by atoms with van der Waals surface area (Å²) >= 11 is 0. The van der Waals surface area contributed by atoms with E-state index in [2.05, 4.69) is 4.90 Å². The molecule has 0 N–H and O–H groups in total. The van der Waals surface area contributed by atoms with Crippen LogP contribution in [0.3, 0.4) is 0 Å². The molecule has 2 unspecified atom stereocenters. The molecule has 0 aromatic heterocycles. The highest BCUT2D eigenvalue weighted by Crippen LogP contribution is 2.40. The largest absolute Gasteiger partial charge is 0.357 e. The van der Waals surface area contributed by atoms with Gasteiger partial charge in [-0.05, 0) is 6.92 Å². The minimum atomic E-state index is -0.133. The summed E-state index contributed by atoms with van der Waals surface area (Å²) in [5.74, 6) is 0.226. The number of Topliss-reactive ketones (excluding diaryl/α,β-unsaturated/α-hetero) is 1. The fraction of sp³-hybridized carbons (Fsp3) is 0.857. The average Bonchev–Trinajstić information content (AvgIpc) is 2.33. The van der Waals surface area contributed by atoms with Gasteiger partial charge in [-0.25, -0.2) is 0 Å². The van der Waals surface area contributed by atoms with E-state index in [-0.39, 0.29) is 11.5 Å². The van der Waals surface area contributed by atoms with Crippen LogP contribution in [0.1, 0.15) is 13.3 Å². The minimum Gasteiger partial charge on any atom is -0.357 e. The molecule has 0 radical (unpaired) electrons. The summed E-state index contributed by atoms with van der Waals surface area (Å²) in [6.45, 7) is 4.39. The molecule has 0 aromatic carbocycles. The van der Waals surface area contributed by atoms with Crippen LogP contribution in [0.5, 0.6) is 0 Å². The van der Waals surface area contributed by atoms with Gasteiger partial charge in [0.15, 0.2) is 0 Å². The lowest BCUT2D eigenvalue weighted by Crippen LogP contribution is -2.18. The molecule has 0 amide bonds. The number of fused-ring (bicyclic) bond motifs is 1. The average molecular weight is 141 g/mol. The first kappa shape index (κ1) is 6.31. The Hall–Kier alpha value is -0.410. The molecule has 0 bridgehead atoms. The fourth-order valence-electron chi connectivity index (χ4n) is 1.64. The number of carbonyl (C=O) groups is 1. The van der Waals surface area contributed by atoms with Crippen LogP contribution in [0.25, 0.3) is 0 Å². The zero-order valence-electron chi connectivity index (χ0n) is 6.09. The van der Waals surface area contributed by atoms with Gasteiger partial charge >= 0.3 is 0 Å². The van der Waals surface area contributed by atoms with Gasteiger partial charge < -0.3 is 4.74 Å². The highest BCUT2D eigenvalue weighted by Gasteiger charge is 2.57. The first-order valence-electron chi connectivity index (χ1n) is 3.61. The number of rotatable bonds is 2. The molecule has 10 heavy (non-hydrogen) atoms. The summed E-state index contributed by atoms with van der Waals surface area (Å²) in [6.07, 6.45) is 0.576. The summed E-state index contributed by atoms with van der Waals surface area (Å²) < 4.78 is 5.43. The predicted molar refractivity (Wildman–Crippen MR) is 35.6 cm³/mol. The lowest BCUT2D eigenvalue weighted by molar-refractivity contribution is -0.120. The van der Waals surface area contributed by atoms with Gasteiger partial charge in [0, 0.05) is 13.1 Å². The third-order valence-electron chi connectivity index (χ3n) is 2.17. The van der Waals surface area contributed by atoms with Gasteiger partial charge in [-0.1, -0.05) is 0 Å². The van der Waals surface area contributed by atoms with Crippen LogP contribution < -0.4 is 0 Å². The van der Waals surface area contributed by atoms with Gasteiger partial charge in [-0.2, -0.15) is 0 Å². The predicted octanol–water partition coefficient (Wildman–Crippen LogP) is 0.00760. The molecule has 0 aliphatic carbocycles. The van der Waals surface area contributed by atoms with Crippen molar-refractivity contribution in [2.24, 2.45) is 0 Å². The van der Waals surface area contributed by atoms with Gasteiger partial charge in [-0.15, -0.1) is 0 Å². The van der Waals surface area contributed by atoms with E-state index >= 15 is 0 Å². The Labute approximate surface area is 60.0 Å². The van der Waals surface area contributed by atoms with Crippen LogP contribution in [0.4, 0.5) is 0 Å². The van der Waals surface area contributed by atoms with E-state index < -0.39 is 0 Å². The Morgan fingerprint density at radius 3 is 3.00 bits per heavy atom. The molecule has 3 heteroatoms. The van der Waals surface area contributed by atoms with Crippen molar-refractivity contribution in [1.29, 1.82) is 0 Å². The zero-order chi connectivity index (χ0) is 7.19. The monoisotopic (exact) mass is 141 g/mol. The summed E-state index contributed by atoms with van der Waals surface area (Å²) in [5.41, 5.74) is -0.133. The molecule has 0 spiro atoms. The van der Waals surface area contributed by atoms with Crippen molar-refractivity contribution < 1.29 is 9.53 Å². The summed E-state index contributed by atoms with van der Waals surface area (Å²) in [5, 5.41) is 0. The van der Waals surface area contributed by atoms with Crippen molar-refractivity contribution in [3.63, 3.8) is 0 Å². The number of hydrogen-bond acceptors (Lipinski definition) is 3. The van der Waals surface area contributed by atoms with Crippen LogP contribution in [-0.2, 0) is 9.53 Å². The van der Waals surface area contributed by atoms with Crippen molar-refractivity contribution in [1.82, 2.24) is 4.90 Å². The van der Waals surface area contributed by atoms with Crippen LogP contribution in [-0.4, -0.2) is 36.1 Å². The smallest absolute Gasteiger partial charge is 0.141 e. The lowest BCUT2D eigenvalue weighted by atomic mass is 10.2. The van der Waals surface area contributed by atoms with Crippen molar-refractivity contribution >= 4 is 5.78 Å². The van der Waals surface area contributed by atoms with Gasteiger partial charge in [0.1, 0.15) is 11.5 Å². The third kappa shape index (κ3) is 0.777. The van der Waals surface area contributed by atoms with Crippen LogP contribution in [0.15, 0.2) is 0 Å². The van der Waals surface area contributed by atoms with E-state index in [1.165, 1.54) is 0 Å². The Morgan fingerprint density at radius 2 is 2.60 bits per heavy atom. The second-order valence-corrected chi connectivity index (χ2v) is 3.09. The lowest BCUT2D eigenvalue weighted by Gasteiger charge is -2.06. The summed E-state index contributed by atoms with van der Waals surface area (Å²) in [7, 11) is 0. The topological polar surface area (TPSA) is 29.3 Å². The Kier molecular flexibility index (Phi) is 1.13. The maximum absolute atomic E-state index is 10.7. The van der Waals surface area contributed by atoms with E-state index in [1.54, 1.807) is 6.92 Å². The maximum atomic E-state index is 10.7. The Balaban J connectivity index is 1.99. The number of morpholine rings is 1. The first-order valence-corrected chi connectivity index (χ1v) is 3.61. The van der Waals surface area contributed by atoms with Gasteiger partial charge in [0.25, 0.3) is 0 Å². The van der Waals surface area contributed by atoms with E-state index in [0.717, 1.165) is 19.7 Å². The van der Waals surface area contributed by atoms with Crippen LogP contribution in [0.2, 0.25) is 0 Å². The minimum absolute atomic E-state index is 0.133. The Morgan fingerprint density at radius 1 is 1.80 bits per heavy atom. The van der Waals surface area contributed by atoms with Crippen molar-refractivity contribution in [2.45, 2.75) is 19.1 Å². The molecule has 0 aromatic rings. The van der Waals surface area contributed by atoms with Crippen molar-refractivity contribution in [3.8, 4) is 0 Å². The Bertz CT molecular complexity index is 180. The quantitative estimate of drug-likeness (QED) is 0.507. The van der Waals surface area contributed by atoms with Crippen molar-refractivity contribution in [3.05, 3.63) is 0 Å². The van der Waals surface area contributed by atoms with Crippen LogP contribution in [0, 0.1) is 0 Å². The van der Waals surface area contributed by atoms with E-state index in [0.29, 0.717) is 6.42 Å². The second-order valence-electron chi connectivity index (χ2n) is 3.09. The zero-order valence-corrected chi connectivity index (χ0v) is 6.09. The maximum Gasteiger partial charge on any atom is 0.141 e. The molecule has 2 aliphatic heterocycles. The number of ketones is 1. The SMILES string of the molecule is CC(=O)CC12CN1CCO2. The molecule has 0 saturated carbocycles. The number of hydrogen-bond donors (Lipinski definition) is 0. The van der Waals surface area contributed by atoms with Gasteiger partial charge in [-0.3, -0.25) is 9.69 Å². The highest BCUT2D eigenvalue weighted by atomic mass is 16.5. The molecular weight excluding hydrogens is 130 g/mol. The summed E-state index contributed by atoms with van der Waals surface area (Å²) in [4.78, 5) is 12.9. The fourth-order valence-corrected chi connectivity index (χ4v) is 1.64. The second kappa shape index (κ2) is 1.80. The third-order valence-corrected chi connectivity index (χ3v) is 2.17. The standard InChI is InChI=1S/C7H11NO2/c1-6(9)4-7-5-8(7)2-3-10-7/h2-5H2,1H3. The van der Waals surface area contributed by atoms with Gasteiger partial charge in [0.05, 0.1) is 13.0 Å². The first-order chi connectivity index (χ1) is 4.73.